The lowest BCUT2D eigenvalue weighted by molar-refractivity contribution is -0.151. The van der Waals surface area contributed by atoms with Crippen LogP contribution < -0.4 is 0 Å². The van der Waals surface area contributed by atoms with E-state index < -0.39 is 11.7 Å². The summed E-state index contributed by atoms with van der Waals surface area (Å²) in [7, 11) is 0. The Hall–Kier alpha value is -3.34. The van der Waals surface area contributed by atoms with E-state index in [9.17, 15) is 22.8 Å². The van der Waals surface area contributed by atoms with E-state index in [1.807, 2.05) is 35.2 Å². The zero-order valence-corrected chi connectivity index (χ0v) is 23.2. The Balaban J connectivity index is 1.35. The minimum absolute atomic E-state index is 0.0737. The van der Waals surface area contributed by atoms with Gasteiger partial charge in [-0.25, -0.2) is 0 Å². The molecule has 0 bridgehead atoms. The van der Waals surface area contributed by atoms with Crippen LogP contribution in [0.15, 0.2) is 59.8 Å². The highest BCUT2D eigenvalue weighted by Crippen LogP contribution is 2.32. The predicted molar refractivity (Wildman–Crippen MR) is 146 cm³/mol. The van der Waals surface area contributed by atoms with Crippen molar-refractivity contribution in [3.63, 3.8) is 0 Å². The van der Waals surface area contributed by atoms with Gasteiger partial charge >= 0.3 is 12.1 Å². The minimum atomic E-state index is -4.46. The summed E-state index contributed by atoms with van der Waals surface area (Å²) in [5.41, 5.74) is 0.601. The molecule has 0 atom stereocenters. The van der Waals surface area contributed by atoms with E-state index in [1.165, 1.54) is 17.8 Å². The van der Waals surface area contributed by atoms with Crippen molar-refractivity contribution in [1.82, 2.24) is 19.7 Å². The van der Waals surface area contributed by atoms with Crippen molar-refractivity contribution in [2.45, 2.75) is 56.8 Å². The van der Waals surface area contributed by atoms with Crippen LogP contribution in [0.1, 0.15) is 56.0 Å². The van der Waals surface area contributed by atoms with Crippen LogP contribution in [0.25, 0.3) is 5.69 Å². The second kappa shape index (κ2) is 13.8. The molecule has 0 unspecified atom stereocenters. The quantitative estimate of drug-likeness (QED) is 0.160. The van der Waals surface area contributed by atoms with E-state index in [0.29, 0.717) is 74.2 Å². The molecule has 0 radical (unpaired) electrons. The van der Waals surface area contributed by atoms with Crippen LogP contribution in [-0.4, -0.2) is 57.0 Å². The Labute approximate surface area is 236 Å². The summed E-state index contributed by atoms with van der Waals surface area (Å²) in [5, 5.41) is 9.13. The maximum atomic E-state index is 13.4. The van der Waals surface area contributed by atoms with Gasteiger partial charge in [-0.3, -0.25) is 14.2 Å². The fourth-order valence-electron chi connectivity index (χ4n) is 4.69. The summed E-state index contributed by atoms with van der Waals surface area (Å²) in [5.74, 6) is 0.942. The highest BCUT2D eigenvalue weighted by Gasteiger charge is 2.31. The van der Waals surface area contributed by atoms with Gasteiger partial charge in [0.25, 0.3) is 0 Å². The number of nitrogens with zero attached hydrogens (tertiary/aromatic N) is 4. The lowest BCUT2D eigenvalue weighted by atomic mass is 9.96. The van der Waals surface area contributed by atoms with Gasteiger partial charge in [-0.15, -0.1) is 10.2 Å². The third-order valence-corrected chi connectivity index (χ3v) is 7.84. The number of benzene rings is 2. The topological polar surface area (TPSA) is 77.3 Å². The van der Waals surface area contributed by atoms with Crippen molar-refractivity contribution in [3.05, 3.63) is 71.5 Å². The molecular formula is C29H33F3N4O3S. The minimum Gasteiger partial charge on any atom is -0.466 e. The van der Waals surface area contributed by atoms with Crippen molar-refractivity contribution in [1.29, 1.82) is 0 Å². The van der Waals surface area contributed by atoms with E-state index in [-0.39, 0.29) is 17.8 Å². The molecule has 40 heavy (non-hydrogen) atoms. The van der Waals surface area contributed by atoms with Gasteiger partial charge in [0, 0.05) is 31.7 Å². The highest BCUT2D eigenvalue weighted by atomic mass is 32.2. The number of ether oxygens (including phenoxy) is 1. The lowest BCUT2D eigenvalue weighted by Crippen LogP contribution is -2.40. The first-order valence-corrected chi connectivity index (χ1v) is 14.5. The van der Waals surface area contributed by atoms with Crippen LogP contribution >= 0.6 is 11.8 Å². The van der Waals surface area contributed by atoms with Crippen molar-refractivity contribution in [2.75, 3.05) is 25.4 Å². The lowest BCUT2D eigenvalue weighted by Gasteiger charge is -2.31. The number of carbonyl (C=O) groups is 2. The van der Waals surface area contributed by atoms with E-state index in [2.05, 4.69) is 10.2 Å². The number of hydrogen-bond donors (Lipinski definition) is 0. The molecule has 2 aromatic carbocycles. The maximum Gasteiger partial charge on any atom is 0.416 e. The van der Waals surface area contributed by atoms with Crippen molar-refractivity contribution in [2.24, 2.45) is 5.92 Å². The number of esters is 1. The van der Waals surface area contributed by atoms with Crippen LogP contribution in [0.4, 0.5) is 13.2 Å². The van der Waals surface area contributed by atoms with E-state index >= 15 is 0 Å². The second-order valence-corrected chi connectivity index (χ2v) is 10.7. The molecule has 1 amide bonds. The Morgan fingerprint density at radius 3 is 2.48 bits per heavy atom. The summed E-state index contributed by atoms with van der Waals surface area (Å²) in [6.07, 6.45) is -0.973. The second-order valence-electron chi connectivity index (χ2n) is 9.66. The number of rotatable bonds is 11. The van der Waals surface area contributed by atoms with Crippen molar-refractivity contribution in [3.8, 4) is 5.69 Å². The molecule has 11 heteroatoms. The molecule has 2 heterocycles. The Kier molecular flexibility index (Phi) is 10.2. The van der Waals surface area contributed by atoms with Crippen LogP contribution in [0.2, 0.25) is 0 Å². The van der Waals surface area contributed by atoms with Crippen molar-refractivity contribution < 1.29 is 27.5 Å². The first kappa shape index (κ1) is 29.6. The number of carbonyl (C=O) groups excluding carboxylic acids is 2. The average Bonchev–Trinajstić information content (AvgIpc) is 3.35. The number of amides is 1. The fraction of sp³-hybridized carbons (Fsp3) is 0.448. The van der Waals surface area contributed by atoms with E-state index in [1.54, 1.807) is 17.6 Å². The third-order valence-electron chi connectivity index (χ3n) is 6.82. The molecule has 1 fully saturated rings. The largest absolute Gasteiger partial charge is 0.466 e. The number of alkyl halides is 3. The zero-order valence-electron chi connectivity index (χ0n) is 22.4. The van der Waals surface area contributed by atoms with Gasteiger partial charge < -0.3 is 9.64 Å². The van der Waals surface area contributed by atoms with Crippen LogP contribution in [0.3, 0.4) is 0 Å². The van der Waals surface area contributed by atoms with E-state index in [4.69, 9.17) is 4.74 Å². The molecule has 1 aromatic heterocycles. The van der Waals surface area contributed by atoms with Crippen LogP contribution in [0.5, 0.6) is 0 Å². The van der Waals surface area contributed by atoms with Gasteiger partial charge in [0.15, 0.2) is 5.16 Å². The van der Waals surface area contributed by atoms with Crippen molar-refractivity contribution >= 4 is 23.6 Å². The van der Waals surface area contributed by atoms with Gasteiger partial charge in [0.2, 0.25) is 5.91 Å². The molecule has 0 aliphatic carbocycles. The first-order chi connectivity index (χ1) is 19.3. The molecular weight excluding hydrogens is 541 g/mol. The number of aromatic nitrogens is 3. The predicted octanol–water partition coefficient (Wildman–Crippen LogP) is 5.94. The summed E-state index contributed by atoms with van der Waals surface area (Å²) < 4.78 is 47.1. The summed E-state index contributed by atoms with van der Waals surface area (Å²) in [4.78, 5) is 26.4. The molecule has 214 valence electrons. The fourth-order valence-corrected chi connectivity index (χ4v) is 5.66. The standard InChI is InChI=1S/C29H33F3N4O3S/c1-2-39-27(38)22-14-16-35(17-15-22)26(37)13-6-7-18-40-28-34-33-25(19-21-9-4-3-5-10-21)36(28)24-12-8-11-23(20-24)29(30,31)32/h3-5,8-12,20,22H,2,6-7,13-19H2,1H3. The molecule has 1 saturated heterocycles. The van der Waals surface area contributed by atoms with Gasteiger partial charge in [-0.1, -0.05) is 48.2 Å². The molecule has 3 aromatic rings. The Morgan fingerprint density at radius 2 is 1.77 bits per heavy atom. The average molecular weight is 575 g/mol. The molecule has 0 spiro atoms. The smallest absolute Gasteiger partial charge is 0.416 e. The van der Waals surface area contributed by atoms with Gasteiger partial charge in [-0.2, -0.15) is 13.2 Å². The zero-order chi connectivity index (χ0) is 28.5. The van der Waals surface area contributed by atoms with E-state index in [0.717, 1.165) is 24.1 Å². The normalized spacial score (nSPS) is 14.3. The maximum absolute atomic E-state index is 13.4. The Morgan fingerprint density at radius 1 is 1.02 bits per heavy atom. The van der Waals surface area contributed by atoms with Gasteiger partial charge in [0.1, 0.15) is 5.82 Å². The Bertz CT molecular complexity index is 1280. The molecule has 0 N–H and O–H groups in total. The SMILES string of the molecule is CCOC(=O)C1CCN(C(=O)CCCCSc2nnc(Cc3ccccc3)n2-c2cccc(C(F)(F)F)c2)CC1. The molecule has 7 nitrogen and oxygen atoms in total. The monoisotopic (exact) mass is 574 g/mol. The summed E-state index contributed by atoms with van der Waals surface area (Å²) >= 11 is 1.41. The first-order valence-electron chi connectivity index (χ1n) is 13.5. The number of piperidine rings is 1. The van der Waals surface area contributed by atoms with Gasteiger partial charge in [-0.05, 0) is 56.4 Å². The number of hydrogen-bond acceptors (Lipinski definition) is 6. The molecule has 1 aliphatic rings. The third kappa shape index (κ3) is 7.87. The highest BCUT2D eigenvalue weighted by molar-refractivity contribution is 7.99. The number of unbranched alkanes of at least 4 members (excludes halogenated alkanes) is 1. The molecule has 4 rings (SSSR count). The summed E-state index contributed by atoms with van der Waals surface area (Å²) in [6, 6.07) is 14.8. The van der Waals surface area contributed by atoms with Gasteiger partial charge in [0.05, 0.1) is 23.8 Å². The molecule has 0 saturated carbocycles. The van der Waals surface area contributed by atoms with Crippen LogP contribution in [0, 0.1) is 5.92 Å². The number of thioether (sulfide) groups is 1. The number of likely N-dealkylation sites (tertiary alicyclic amines) is 1. The van der Waals surface area contributed by atoms with Crippen LogP contribution in [-0.2, 0) is 26.9 Å². The summed E-state index contributed by atoms with van der Waals surface area (Å²) in [6.45, 7) is 3.26. The number of halogens is 3. The molecule has 1 aliphatic heterocycles.